The summed E-state index contributed by atoms with van der Waals surface area (Å²) in [4.78, 5) is 14.6. The summed E-state index contributed by atoms with van der Waals surface area (Å²) in [6.45, 7) is 3.60. The van der Waals surface area contributed by atoms with E-state index in [2.05, 4.69) is 25.3 Å². The monoisotopic (exact) mass is 519 g/mol. The Bertz CT molecular complexity index is 1180. The molecule has 1 aliphatic heterocycles. The predicted molar refractivity (Wildman–Crippen MR) is 130 cm³/mol. The lowest BCUT2D eigenvalue weighted by Crippen LogP contribution is -2.42. The molecule has 0 amide bonds. The van der Waals surface area contributed by atoms with Gasteiger partial charge in [-0.05, 0) is 61.7 Å². The molecule has 1 saturated heterocycles. The van der Waals surface area contributed by atoms with E-state index in [-0.39, 0.29) is 24.1 Å². The van der Waals surface area contributed by atoms with Gasteiger partial charge in [-0.1, -0.05) is 17.3 Å². The summed E-state index contributed by atoms with van der Waals surface area (Å²) in [5.41, 5.74) is 1.81. The Balaban J connectivity index is 1.51. The Morgan fingerprint density at radius 1 is 1.11 bits per heavy atom. The lowest BCUT2D eigenvalue weighted by atomic mass is 10.0. The number of halogens is 3. The Kier molecular flexibility index (Phi) is 8.04. The van der Waals surface area contributed by atoms with E-state index < -0.39 is 12.3 Å². The number of rotatable bonds is 9. The molecule has 198 valence electrons. The zero-order chi connectivity index (χ0) is 26.4. The molecule has 0 bridgehead atoms. The number of anilines is 2. The smallest absolute Gasteiger partial charge is 0.497 e. The van der Waals surface area contributed by atoms with Gasteiger partial charge in [0.2, 0.25) is 5.69 Å². The van der Waals surface area contributed by atoms with Crippen LogP contribution < -0.4 is 19.7 Å². The molecule has 9 nitrogen and oxygen atoms in total. The van der Waals surface area contributed by atoms with Crippen molar-refractivity contribution in [2.45, 2.75) is 38.7 Å². The molecule has 2 heterocycles. The molecule has 37 heavy (non-hydrogen) atoms. The molecular formula is C25H28F3N5O4. The first-order chi connectivity index (χ1) is 17.8. The number of piperidine rings is 1. The van der Waals surface area contributed by atoms with Gasteiger partial charge in [-0.25, -0.2) is 9.48 Å². The van der Waals surface area contributed by atoms with Crippen LogP contribution in [0.15, 0.2) is 48.5 Å². The molecule has 12 heteroatoms. The summed E-state index contributed by atoms with van der Waals surface area (Å²) in [6, 6.07) is 13.2. The van der Waals surface area contributed by atoms with Crippen LogP contribution in [0.4, 0.5) is 24.7 Å². The van der Waals surface area contributed by atoms with Gasteiger partial charge in [0, 0.05) is 24.8 Å². The van der Waals surface area contributed by atoms with E-state index >= 15 is 0 Å². The van der Waals surface area contributed by atoms with Crippen LogP contribution in [-0.2, 0) is 11.3 Å². The second-order valence-electron chi connectivity index (χ2n) is 8.48. The standard InChI is InChI=1S/C25H28F3N5O4/c1-3-36-24(34)22-23(33(31-30-22)15-17-6-10-20(35-2)11-7-17)29-18-5-4-14-32(16-18)19-8-12-21(13-9-19)37-25(26,27)28/h6-13,18,29H,3-5,14-16H2,1-2H3. The van der Waals surface area contributed by atoms with Crippen LogP contribution in [0.25, 0.3) is 0 Å². The van der Waals surface area contributed by atoms with Crippen molar-refractivity contribution in [3.63, 3.8) is 0 Å². The number of ether oxygens (including phenoxy) is 3. The molecule has 0 saturated carbocycles. The van der Waals surface area contributed by atoms with E-state index in [1.807, 2.05) is 24.3 Å². The summed E-state index contributed by atoms with van der Waals surface area (Å²) < 4.78 is 53.4. The molecule has 0 radical (unpaired) electrons. The van der Waals surface area contributed by atoms with Crippen LogP contribution in [0.5, 0.6) is 11.5 Å². The lowest BCUT2D eigenvalue weighted by molar-refractivity contribution is -0.274. The third-order valence-electron chi connectivity index (χ3n) is 5.89. The highest BCUT2D eigenvalue weighted by molar-refractivity contribution is 5.92. The minimum absolute atomic E-state index is 0.0684. The van der Waals surface area contributed by atoms with Gasteiger partial charge >= 0.3 is 12.3 Å². The Morgan fingerprint density at radius 2 is 1.81 bits per heavy atom. The fraction of sp³-hybridized carbons (Fsp3) is 0.400. The third-order valence-corrected chi connectivity index (χ3v) is 5.89. The van der Waals surface area contributed by atoms with Crippen LogP contribution in [-0.4, -0.2) is 60.2 Å². The molecule has 0 spiro atoms. The van der Waals surface area contributed by atoms with Crippen molar-refractivity contribution in [1.82, 2.24) is 15.0 Å². The average molecular weight is 520 g/mol. The number of nitrogens with zero attached hydrogens (tertiary/aromatic N) is 4. The van der Waals surface area contributed by atoms with E-state index in [1.165, 1.54) is 12.1 Å². The highest BCUT2D eigenvalue weighted by Crippen LogP contribution is 2.28. The molecule has 2 aromatic carbocycles. The number of aromatic nitrogens is 3. The molecule has 4 rings (SSSR count). The van der Waals surface area contributed by atoms with Gasteiger partial charge in [0.1, 0.15) is 11.5 Å². The molecular weight excluding hydrogens is 491 g/mol. The summed E-state index contributed by atoms with van der Waals surface area (Å²) >= 11 is 0. The topological polar surface area (TPSA) is 90.7 Å². The maximum atomic E-state index is 12.6. The molecule has 1 atom stereocenters. The molecule has 0 aliphatic carbocycles. The molecule has 1 aromatic heterocycles. The number of carbonyl (C=O) groups excluding carboxylic acids is 1. The minimum Gasteiger partial charge on any atom is -0.497 e. The van der Waals surface area contributed by atoms with Gasteiger partial charge in [-0.15, -0.1) is 18.3 Å². The van der Waals surface area contributed by atoms with E-state index in [0.29, 0.717) is 18.9 Å². The van der Waals surface area contributed by atoms with Crippen molar-refractivity contribution in [3.05, 3.63) is 59.8 Å². The van der Waals surface area contributed by atoms with Crippen LogP contribution in [0.3, 0.4) is 0 Å². The van der Waals surface area contributed by atoms with Gasteiger partial charge in [0.25, 0.3) is 0 Å². The van der Waals surface area contributed by atoms with Gasteiger partial charge < -0.3 is 24.4 Å². The second-order valence-corrected chi connectivity index (χ2v) is 8.48. The molecule has 1 fully saturated rings. The van der Waals surface area contributed by atoms with Crippen molar-refractivity contribution >= 4 is 17.5 Å². The first-order valence-electron chi connectivity index (χ1n) is 11.9. The molecule has 3 aromatic rings. The SMILES string of the molecule is CCOC(=O)c1nnn(Cc2ccc(OC)cc2)c1NC1CCCN(c2ccc(OC(F)(F)F)cc2)C1. The second kappa shape index (κ2) is 11.4. The lowest BCUT2D eigenvalue weighted by Gasteiger charge is -2.35. The quantitative estimate of drug-likeness (QED) is 0.414. The molecule has 1 unspecified atom stereocenters. The van der Waals surface area contributed by atoms with Crippen LogP contribution in [0, 0.1) is 0 Å². The minimum atomic E-state index is -4.74. The average Bonchev–Trinajstić information content (AvgIpc) is 3.26. The number of methoxy groups -OCH3 is 1. The Morgan fingerprint density at radius 3 is 2.46 bits per heavy atom. The van der Waals surface area contributed by atoms with Crippen molar-refractivity contribution in [2.75, 3.05) is 37.0 Å². The van der Waals surface area contributed by atoms with Crippen molar-refractivity contribution < 1.29 is 32.2 Å². The largest absolute Gasteiger partial charge is 0.573 e. The van der Waals surface area contributed by atoms with Crippen molar-refractivity contribution in [3.8, 4) is 11.5 Å². The fourth-order valence-corrected chi connectivity index (χ4v) is 4.19. The summed E-state index contributed by atoms with van der Waals surface area (Å²) in [5, 5.41) is 11.7. The predicted octanol–water partition coefficient (Wildman–Crippen LogP) is 4.49. The summed E-state index contributed by atoms with van der Waals surface area (Å²) in [5.74, 6) is 0.345. The Hall–Kier alpha value is -3.96. The zero-order valence-electron chi connectivity index (χ0n) is 20.5. The van der Waals surface area contributed by atoms with Crippen LogP contribution in [0.2, 0.25) is 0 Å². The molecule has 1 N–H and O–H groups in total. The number of carbonyl (C=O) groups is 1. The number of benzene rings is 2. The maximum Gasteiger partial charge on any atom is 0.573 e. The van der Waals surface area contributed by atoms with Gasteiger partial charge in [0.05, 0.1) is 20.3 Å². The number of nitrogens with one attached hydrogen (secondary N) is 1. The third kappa shape index (κ3) is 6.83. The van der Waals surface area contributed by atoms with E-state index in [9.17, 15) is 18.0 Å². The number of alkyl halides is 3. The Labute approximate surface area is 212 Å². The van der Waals surface area contributed by atoms with Crippen molar-refractivity contribution in [2.24, 2.45) is 0 Å². The summed E-state index contributed by atoms with van der Waals surface area (Å²) in [7, 11) is 1.60. The molecule has 1 aliphatic rings. The van der Waals surface area contributed by atoms with E-state index in [0.717, 1.165) is 36.4 Å². The normalized spacial score (nSPS) is 15.8. The number of esters is 1. The first-order valence-corrected chi connectivity index (χ1v) is 11.9. The van der Waals surface area contributed by atoms with E-state index in [4.69, 9.17) is 9.47 Å². The summed E-state index contributed by atoms with van der Waals surface area (Å²) in [6.07, 6.45) is -3.07. The van der Waals surface area contributed by atoms with Crippen LogP contribution in [0.1, 0.15) is 35.8 Å². The first kappa shape index (κ1) is 26.1. The maximum absolute atomic E-state index is 12.6. The highest BCUT2D eigenvalue weighted by Gasteiger charge is 2.31. The number of hydrogen-bond acceptors (Lipinski definition) is 8. The highest BCUT2D eigenvalue weighted by atomic mass is 19.4. The zero-order valence-corrected chi connectivity index (χ0v) is 20.5. The van der Waals surface area contributed by atoms with Crippen LogP contribution >= 0.6 is 0 Å². The van der Waals surface area contributed by atoms with Gasteiger partial charge in [-0.3, -0.25) is 0 Å². The number of hydrogen-bond donors (Lipinski definition) is 1. The van der Waals surface area contributed by atoms with Crippen molar-refractivity contribution in [1.29, 1.82) is 0 Å². The fourth-order valence-electron chi connectivity index (χ4n) is 4.19. The van der Waals surface area contributed by atoms with E-state index in [1.54, 1.807) is 30.8 Å². The van der Waals surface area contributed by atoms with Gasteiger partial charge in [0.15, 0.2) is 5.82 Å². The van der Waals surface area contributed by atoms with Gasteiger partial charge in [-0.2, -0.15) is 0 Å².